The van der Waals surface area contributed by atoms with Gasteiger partial charge in [-0.2, -0.15) is 0 Å². The van der Waals surface area contributed by atoms with Gasteiger partial charge >= 0.3 is 6.03 Å². The van der Waals surface area contributed by atoms with Gasteiger partial charge in [0.25, 0.3) is 0 Å². The molecule has 1 unspecified atom stereocenters. The number of hydrogen-bond donors (Lipinski definition) is 3. The Hall–Kier alpha value is -2.83. The summed E-state index contributed by atoms with van der Waals surface area (Å²) in [5.74, 6) is 1.07. The molecule has 2 amide bonds. The Morgan fingerprint density at radius 1 is 1.32 bits per heavy atom. The van der Waals surface area contributed by atoms with Crippen LogP contribution in [0.2, 0.25) is 0 Å². The Labute approximate surface area is 128 Å². The molecule has 2 aromatic rings. The molecule has 116 valence electrons. The van der Waals surface area contributed by atoms with Gasteiger partial charge in [0.2, 0.25) is 11.8 Å². The minimum absolute atomic E-state index is 0.101. The zero-order valence-corrected chi connectivity index (χ0v) is 12.6. The molecule has 0 saturated carbocycles. The van der Waals surface area contributed by atoms with Crippen LogP contribution in [0.5, 0.6) is 0 Å². The van der Waals surface area contributed by atoms with E-state index in [0.29, 0.717) is 24.0 Å². The maximum absolute atomic E-state index is 11.5. The highest BCUT2D eigenvalue weighted by molar-refractivity contribution is 5.89. The summed E-state index contributed by atoms with van der Waals surface area (Å²) in [4.78, 5) is 11.5. The van der Waals surface area contributed by atoms with Crippen LogP contribution < -0.4 is 16.0 Å². The predicted molar refractivity (Wildman–Crippen MR) is 84.7 cm³/mol. The molecule has 22 heavy (non-hydrogen) atoms. The van der Waals surface area contributed by atoms with Gasteiger partial charge in [-0.1, -0.05) is 6.08 Å². The minimum Gasteiger partial charge on any atom is -0.423 e. The number of carbonyl (C=O) groups is 1. The van der Waals surface area contributed by atoms with Crippen molar-refractivity contribution in [2.24, 2.45) is 0 Å². The van der Waals surface area contributed by atoms with Crippen LogP contribution in [0, 0.1) is 6.92 Å². The monoisotopic (exact) mass is 301 g/mol. The van der Waals surface area contributed by atoms with Gasteiger partial charge in [-0.3, -0.25) is 0 Å². The van der Waals surface area contributed by atoms with Crippen molar-refractivity contribution in [3.63, 3.8) is 0 Å². The molecule has 0 aliphatic rings. The zero-order chi connectivity index (χ0) is 15.9. The van der Waals surface area contributed by atoms with E-state index in [1.165, 1.54) is 0 Å². The van der Waals surface area contributed by atoms with E-state index in [2.05, 4.69) is 32.7 Å². The van der Waals surface area contributed by atoms with Crippen molar-refractivity contribution in [3.05, 3.63) is 48.7 Å². The van der Waals surface area contributed by atoms with Crippen molar-refractivity contribution in [1.29, 1.82) is 0 Å². The molecule has 7 heteroatoms. The van der Waals surface area contributed by atoms with Crippen LogP contribution in [-0.4, -0.2) is 22.8 Å². The Morgan fingerprint density at radius 2 is 2.00 bits per heavy atom. The van der Waals surface area contributed by atoms with Gasteiger partial charge < -0.3 is 20.4 Å². The van der Waals surface area contributed by atoms with E-state index in [4.69, 9.17) is 4.42 Å². The molecule has 1 atom stereocenters. The highest BCUT2D eigenvalue weighted by Crippen LogP contribution is 2.20. The van der Waals surface area contributed by atoms with Crippen LogP contribution >= 0.6 is 0 Å². The number of nitrogens with zero attached hydrogens (tertiary/aromatic N) is 2. The van der Waals surface area contributed by atoms with Crippen molar-refractivity contribution < 1.29 is 9.21 Å². The smallest absolute Gasteiger partial charge is 0.319 e. The second-order valence-corrected chi connectivity index (χ2v) is 4.73. The number of carbonyl (C=O) groups excluding carboxylic acids is 1. The lowest BCUT2D eigenvalue weighted by Crippen LogP contribution is -2.28. The lowest BCUT2D eigenvalue weighted by Gasteiger charge is -2.12. The van der Waals surface area contributed by atoms with Gasteiger partial charge in [0.1, 0.15) is 6.04 Å². The first-order valence-electron chi connectivity index (χ1n) is 6.91. The zero-order valence-electron chi connectivity index (χ0n) is 12.6. The van der Waals surface area contributed by atoms with E-state index in [1.807, 2.05) is 31.2 Å². The molecule has 1 heterocycles. The quantitative estimate of drug-likeness (QED) is 0.713. The Bertz CT molecular complexity index is 636. The van der Waals surface area contributed by atoms with Crippen molar-refractivity contribution in [2.45, 2.75) is 19.9 Å². The fraction of sp³-hybridized carbons (Fsp3) is 0.267. The molecule has 0 bridgehead atoms. The molecular formula is C15H19N5O2. The first-order valence-corrected chi connectivity index (χ1v) is 6.91. The lowest BCUT2D eigenvalue weighted by atomic mass is 10.2. The van der Waals surface area contributed by atoms with Gasteiger partial charge in [-0.05, 0) is 31.2 Å². The second-order valence-electron chi connectivity index (χ2n) is 4.73. The van der Waals surface area contributed by atoms with E-state index in [1.54, 1.807) is 13.0 Å². The highest BCUT2D eigenvalue weighted by Gasteiger charge is 2.12. The van der Waals surface area contributed by atoms with Crippen LogP contribution in [0.25, 0.3) is 0 Å². The van der Waals surface area contributed by atoms with Crippen molar-refractivity contribution in [1.82, 2.24) is 15.5 Å². The van der Waals surface area contributed by atoms with Crippen LogP contribution in [0.4, 0.5) is 16.2 Å². The normalized spacial score (nSPS) is 11.5. The summed E-state index contributed by atoms with van der Waals surface area (Å²) < 4.78 is 5.37. The summed E-state index contributed by atoms with van der Waals surface area (Å²) in [7, 11) is 0. The van der Waals surface area contributed by atoms with Crippen LogP contribution in [0.15, 0.2) is 41.3 Å². The summed E-state index contributed by atoms with van der Waals surface area (Å²) >= 11 is 0. The molecule has 1 aromatic heterocycles. The average molecular weight is 301 g/mol. The molecule has 2 rings (SSSR count). The third-order valence-corrected chi connectivity index (χ3v) is 2.84. The summed E-state index contributed by atoms with van der Waals surface area (Å²) in [5.41, 5.74) is 1.59. The number of urea groups is 1. The fourth-order valence-electron chi connectivity index (χ4n) is 1.79. The van der Waals surface area contributed by atoms with Crippen LogP contribution in [0.1, 0.15) is 24.7 Å². The molecule has 0 fully saturated rings. The molecule has 0 radical (unpaired) electrons. The molecule has 0 aliphatic heterocycles. The van der Waals surface area contributed by atoms with E-state index >= 15 is 0 Å². The SMILES string of the molecule is C=CCNC(=O)Nc1ccc(NC(C)c2nnc(C)o2)cc1. The first-order chi connectivity index (χ1) is 10.6. The van der Waals surface area contributed by atoms with Gasteiger partial charge in [0.15, 0.2) is 0 Å². The minimum atomic E-state index is -0.268. The number of benzene rings is 1. The molecule has 0 saturated heterocycles. The number of amides is 2. The summed E-state index contributed by atoms with van der Waals surface area (Å²) in [6.07, 6.45) is 1.62. The highest BCUT2D eigenvalue weighted by atomic mass is 16.4. The van der Waals surface area contributed by atoms with Gasteiger partial charge in [0.05, 0.1) is 0 Å². The van der Waals surface area contributed by atoms with Gasteiger partial charge in [-0.15, -0.1) is 16.8 Å². The van der Waals surface area contributed by atoms with E-state index in [9.17, 15) is 4.79 Å². The predicted octanol–water partition coefficient (Wildman–Crippen LogP) is 2.86. The second kappa shape index (κ2) is 7.26. The van der Waals surface area contributed by atoms with Crippen molar-refractivity contribution in [3.8, 4) is 0 Å². The van der Waals surface area contributed by atoms with E-state index in [0.717, 1.165) is 5.69 Å². The average Bonchev–Trinajstić information content (AvgIpc) is 2.94. The standard InChI is InChI=1S/C15H19N5O2/c1-4-9-16-15(21)18-13-7-5-12(6-8-13)17-10(2)14-20-19-11(3)22-14/h4-8,10,17H,1,9H2,2-3H3,(H2,16,18,21). The Morgan fingerprint density at radius 3 is 2.59 bits per heavy atom. The largest absolute Gasteiger partial charge is 0.423 e. The number of anilines is 2. The number of nitrogens with one attached hydrogen (secondary N) is 3. The summed E-state index contributed by atoms with van der Waals surface area (Å²) in [6, 6.07) is 6.97. The van der Waals surface area contributed by atoms with Gasteiger partial charge in [-0.25, -0.2) is 4.79 Å². The number of aryl methyl sites for hydroxylation is 1. The van der Waals surface area contributed by atoms with Gasteiger partial charge in [0, 0.05) is 24.8 Å². The van der Waals surface area contributed by atoms with Crippen molar-refractivity contribution in [2.75, 3.05) is 17.2 Å². The molecule has 0 aliphatic carbocycles. The topological polar surface area (TPSA) is 92.1 Å². The third kappa shape index (κ3) is 4.34. The first kappa shape index (κ1) is 15.6. The van der Waals surface area contributed by atoms with E-state index in [-0.39, 0.29) is 12.1 Å². The Balaban J connectivity index is 1.91. The maximum atomic E-state index is 11.5. The molecule has 0 spiro atoms. The lowest BCUT2D eigenvalue weighted by molar-refractivity contribution is 0.253. The molecule has 3 N–H and O–H groups in total. The summed E-state index contributed by atoms with van der Waals surface area (Å²) in [6.45, 7) is 7.64. The van der Waals surface area contributed by atoms with Crippen LogP contribution in [0.3, 0.4) is 0 Å². The summed E-state index contributed by atoms with van der Waals surface area (Å²) in [5, 5.41) is 16.4. The molecule has 7 nitrogen and oxygen atoms in total. The fourth-order valence-corrected chi connectivity index (χ4v) is 1.79. The number of rotatable bonds is 6. The number of aromatic nitrogens is 2. The molecular weight excluding hydrogens is 282 g/mol. The number of hydrogen-bond acceptors (Lipinski definition) is 5. The third-order valence-electron chi connectivity index (χ3n) is 2.84. The van der Waals surface area contributed by atoms with Crippen molar-refractivity contribution >= 4 is 17.4 Å². The van der Waals surface area contributed by atoms with E-state index < -0.39 is 0 Å². The van der Waals surface area contributed by atoms with Crippen LogP contribution in [-0.2, 0) is 0 Å². The Kier molecular flexibility index (Phi) is 5.13. The molecule has 1 aromatic carbocycles. The maximum Gasteiger partial charge on any atom is 0.319 e.